The lowest BCUT2D eigenvalue weighted by Crippen LogP contribution is -2.40. The number of nitrogens with one attached hydrogen (secondary N) is 1. The standard InChI is InChI=1S/C12H22N2O3Si/c1-8(2)11(17-18(4,5)6)14-7-9(3)10(15)13-12(14)16/h7-8,11H,1-6H3,(H,13,15,16). The van der Waals surface area contributed by atoms with Crippen molar-refractivity contribution in [2.24, 2.45) is 5.92 Å². The number of hydrogen-bond acceptors (Lipinski definition) is 3. The summed E-state index contributed by atoms with van der Waals surface area (Å²) in [6, 6.07) is 0. The monoisotopic (exact) mass is 270 g/mol. The first-order chi connectivity index (χ1) is 8.11. The van der Waals surface area contributed by atoms with Gasteiger partial charge in [-0.3, -0.25) is 14.3 Å². The van der Waals surface area contributed by atoms with E-state index in [1.807, 2.05) is 13.8 Å². The second-order valence-corrected chi connectivity index (χ2v) is 10.3. The summed E-state index contributed by atoms with van der Waals surface area (Å²) in [6.45, 7) is 11.9. The quantitative estimate of drug-likeness (QED) is 0.849. The number of rotatable bonds is 4. The van der Waals surface area contributed by atoms with Gasteiger partial charge in [0.25, 0.3) is 5.56 Å². The summed E-state index contributed by atoms with van der Waals surface area (Å²) in [4.78, 5) is 25.6. The lowest BCUT2D eigenvalue weighted by molar-refractivity contribution is 0.0703. The molecule has 1 heterocycles. The highest BCUT2D eigenvalue weighted by atomic mass is 28.4. The summed E-state index contributed by atoms with van der Waals surface area (Å²) < 4.78 is 7.53. The summed E-state index contributed by atoms with van der Waals surface area (Å²) in [5, 5.41) is 0. The summed E-state index contributed by atoms with van der Waals surface area (Å²) in [7, 11) is -1.77. The van der Waals surface area contributed by atoms with Crippen LogP contribution < -0.4 is 11.2 Å². The second kappa shape index (κ2) is 5.24. The predicted molar refractivity (Wildman–Crippen MR) is 74.4 cm³/mol. The van der Waals surface area contributed by atoms with Gasteiger partial charge in [-0.15, -0.1) is 0 Å². The molecule has 1 aromatic heterocycles. The van der Waals surface area contributed by atoms with E-state index in [9.17, 15) is 9.59 Å². The molecule has 0 aliphatic heterocycles. The van der Waals surface area contributed by atoms with Gasteiger partial charge in [0.1, 0.15) is 6.23 Å². The van der Waals surface area contributed by atoms with Crippen molar-refractivity contribution in [3.8, 4) is 0 Å². The van der Waals surface area contributed by atoms with E-state index in [0.717, 1.165) is 0 Å². The van der Waals surface area contributed by atoms with Crippen LogP contribution in [0.2, 0.25) is 19.6 Å². The zero-order chi connectivity index (χ0) is 14.1. The Labute approximate surface area is 108 Å². The lowest BCUT2D eigenvalue weighted by atomic mass is 10.2. The van der Waals surface area contributed by atoms with Crippen LogP contribution in [0.15, 0.2) is 15.8 Å². The first-order valence-corrected chi connectivity index (χ1v) is 9.52. The maximum atomic E-state index is 11.9. The van der Waals surface area contributed by atoms with Gasteiger partial charge in [-0.25, -0.2) is 4.79 Å². The fourth-order valence-electron chi connectivity index (χ4n) is 1.65. The topological polar surface area (TPSA) is 64.1 Å². The van der Waals surface area contributed by atoms with Gasteiger partial charge in [-0.1, -0.05) is 13.8 Å². The minimum absolute atomic E-state index is 0.153. The molecular weight excluding hydrogens is 248 g/mol. The number of aryl methyl sites for hydroxylation is 1. The number of aromatic amines is 1. The average Bonchev–Trinajstić information content (AvgIpc) is 2.19. The molecule has 0 aliphatic rings. The average molecular weight is 270 g/mol. The molecule has 0 saturated heterocycles. The molecule has 0 aliphatic carbocycles. The van der Waals surface area contributed by atoms with Gasteiger partial charge in [0.05, 0.1) is 0 Å². The first-order valence-electron chi connectivity index (χ1n) is 6.11. The van der Waals surface area contributed by atoms with E-state index < -0.39 is 14.0 Å². The Bertz CT molecular complexity index is 525. The van der Waals surface area contributed by atoms with Crippen molar-refractivity contribution in [3.63, 3.8) is 0 Å². The summed E-state index contributed by atoms with van der Waals surface area (Å²) in [5.41, 5.74) is -0.242. The Hall–Kier alpha value is -1.14. The second-order valence-electron chi connectivity index (χ2n) is 5.84. The largest absolute Gasteiger partial charge is 0.397 e. The molecule has 18 heavy (non-hydrogen) atoms. The normalized spacial score (nSPS) is 13.9. The van der Waals surface area contributed by atoms with E-state index in [4.69, 9.17) is 4.43 Å². The van der Waals surface area contributed by atoms with Crippen LogP contribution in [0, 0.1) is 12.8 Å². The smallest absolute Gasteiger partial charge is 0.330 e. The van der Waals surface area contributed by atoms with Crippen molar-refractivity contribution in [3.05, 3.63) is 32.6 Å². The maximum Gasteiger partial charge on any atom is 0.330 e. The van der Waals surface area contributed by atoms with Gasteiger partial charge in [0.2, 0.25) is 0 Å². The van der Waals surface area contributed by atoms with E-state index >= 15 is 0 Å². The minimum atomic E-state index is -1.77. The highest BCUT2D eigenvalue weighted by Gasteiger charge is 2.25. The maximum absolute atomic E-state index is 11.9. The van der Waals surface area contributed by atoms with Crippen LogP contribution >= 0.6 is 0 Å². The molecular formula is C12H22N2O3Si. The van der Waals surface area contributed by atoms with Gasteiger partial charge < -0.3 is 4.43 Å². The van der Waals surface area contributed by atoms with Gasteiger partial charge in [0.15, 0.2) is 8.32 Å². The molecule has 0 spiro atoms. The molecule has 0 fully saturated rings. The minimum Gasteiger partial charge on any atom is -0.397 e. The molecule has 0 radical (unpaired) electrons. The van der Waals surface area contributed by atoms with Gasteiger partial charge in [0, 0.05) is 11.8 Å². The zero-order valence-electron chi connectivity index (χ0n) is 11.9. The Morgan fingerprint density at radius 3 is 2.28 bits per heavy atom. The molecule has 1 rings (SSSR count). The third-order valence-corrected chi connectivity index (χ3v) is 3.41. The number of nitrogens with zero attached hydrogens (tertiary/aromatic N) is 1. The van der Waals surface area contributed by atoms with Crippen LogP contribution in [0.25, 0.3) is 0 Å². The van der Waals surface area contributed by atoms with Gasteiger partial charge >= 0.3 is 5.69 Å². The van der Waals surface area contributed by atoms with Crippen LogP contribution in [-0.2, 0) is 4.43 Å². The van der Waals surface area contributed by atoms with E-state index in [2.05, 4.69) is 24.6 Å². The van der Waals surface area contributed by atoms with Crippen molar-refractivity contribution >= 4 is 8.32 Å². The van der Waals surface area contributed by atoms with Gasteiger partial charge in [-0.2, -0.15) is 0 Å². The molecule has 102 valence electrons. The van der Waals surface area contributed by atoms with Crippen molar-refractivity contribution in [1.29, 1.82) is 0 Å². The number of H-pyrrole nitrogens is 1. The van der Waals surface area contributed by atoms with Crippen LogP contribution in [0.5, 0.6) is 0 Å². The zero-order valence-corrected chi connectivity index (χ0v) is 12.9. The Morgan fingerprint density at radius 1 is 1.28 bits per heavy atom. The van der Waals surface area contributed by atoms with E-state index in [1.165, 1.54) is 4.57 Å². The molecule has 0 amide bonds. The fraction of sp³-hybridized carbons (Fsp3) is 0.667. The molecule has 1 atom stereocenters. The molecule has 0 bridgehead atoms. The Kier molecular flexibility index (Phi) is 4.34. The molecule has 1 unspecified atom stereocenters. The SMILES string of the molecule is Cc1cn(C(O[Si](C)(C)C)C(C)C)c(=O)[nH]c1=O. The summed E-state index contributed by atoms with van der Waals surface area (Å²) in [6.07, 6.45) is 1.24. The molecule has 1 N–H and O–H groups in total. The molecule has 1 aromatic rings. The fourth-order valence-corrected chi connectivity index (χ4v) is 2.76. The third-order valence-electron chi connectivity index (χ3n) is 2.46. The Morgan fingerprint density at radius 2 is 1.83 bits per heavy atom. The van der Waals surface area contributed by atoms with Gasteiger partial charge in [-0.05, 0) is 32.5 Å². The lowest BCUT2D eigenvalue weighted by Gasteiger charge is -2.30. The summed E-state index contributed by atoms with van der Waals surface area (Å²) in [5.74, 6) is 0.153. The van der Waals surface area contributed by atoms with Crippen molar-refractivity contribution in [2.45, 2.75) is 46.6 Å². The first kappa shape index (κ1) is 14.9. The van der Waals surface area contributed by atoms with Crippen LogP contribution in [-0.4, -0.2) is 17.9 Å². The van der Waals surface area contributed by atoms with E-state index in [-0.39, 0.29) is 17.7 Å². The molecule has 0 saturated carbocycles. The molecule has 6 heteroatoms. The predicted octanol–water partition coefficient (Wildman–Crippen LogP) is 1.85. The van der Waals surface area contributed by atoms with Crippen molar-refractivity contribution in [2.75, 3.05) is 0 Å². The Balaban J connectivity index is 3.27. The molecule has 5 nitrogen and oxygen atoms in total. The third kappa shape index (κ3) is 3.68. The summed E-state index contributed by atoms with van der Waals surface area (Å²) >= 11 is 0. The van der Waals surface area contributed by atoms with Crippen molar-refractivity contribution in [1.82, 2.24) is 9.55 Å². The van der Waals surface area contributed by atoms with E-state index in [0.29, 0.717) is 5.56 Å². The highest BCUT2D eigenvalue weighted by molar-refractivity contribution is 6.69. The number of aromatic nitrogens is 2. The van der Waals surface area contributed by atoms with E-state index in [1.54, 1.807) is 13.1 Å². The molecule has 0 aromatic carbocycles. The van der Waals surface area contributed by atoms with Crippen LogP contribution in [0.3, 0.4) is 0 Å². The van der Waals surface area contributed by atoms with Crippen molar-refractivity contribution < 1.29 is 4.43 Å². The van der Waals surface area contributed by atoms with Crippen LogP contribution in [0.4, 0.5) is 0 Å². The van der Waals surface area contributed by atoms with Crippen LogP contribution in [0.1, 0.15) is 25.6 Å². The highest BCUT2D eigenvalue weighted by Crippen LogP contribution is 2.22. The number of hydrogen-bond donors (Lipinski definition) is 1.